The van der Waals surface area contributed by atoms with Crippen LogP contribution < -0.4 is 5.32 Å². The highest BCUT2D eigenvalue weighted by Gasteiger charge is 2.14. The lowest BCUT2D eigenvalue weighted by molar-refractivity contribution is -0.384. The summed E-state index contributed by atoms with van der Waals surface area (Å²) in [4.78, 5) is 23.7. The molecular formula is C25H24N2O3. The summed E-state index contributed by atoms with van der Waals surface area (Å²) in [5, 5.41) is 14.0. The second-order valence-electron chi connectivity index (χ2n) is 7.03. The molecule has 0 saturated carbocycles. The second-order valence-corrected chi connectivity index (χ2v) is 7.03. The number of nitrogens with zero attached hydrogens (tertiary/aromatic N) is 1. The molecule has 5 heteroatoms. The van der Waals surface area contributed by atoms with E-state index in [1.54, 1.807) is 18.2 Å². The van der Waals surface area contributed by atoms with Gasteiger partial charge in [0.05, 0.1) is 4.92 Å². The zero-order valence-electron chi connectivity index (χ0n) is 16.9. The average Bonchev–Trinajstić information content (AvgIpc) is 2.77. The van der Waals surface area contributed by atoms with Crippen molar-refractivity contribution >= 4 is 28.9 Å². The number of nitro groups is 1. The highest BCUT2D eigenvalue weighted by atomic mass is 16.6. The first-order valence-electron chi connectivity index (χ1n) is 9.98. The number of benzene rings is 3. The molecule has 0 aliphatic heterocycles. The number of nitro benzene ring substituents is 1. The Balaban J connectivity index is 1.88. The molecule has 0 spiro atoms. The van der Waals surface area contributed by atoms with Crippen LogP contribution in [0, 0.1) is 10.1 Å². The molecule has 0 heterocycles. The molecule has 152 valence electrons. The molecule has 5 nitrogen and oxygen atoms in total. The Morgan fingerprint density at radius 3 is 2.40 bits per heavy atom. The van der Waals surface area contributed by atoms with Crippen molar-refractivity contribution in [2.75, 3.05) is 5.32 Å². The molecule has 0 unspecified atom stereocenters. The Morgan fingerprint density at radius 2 is 1.73 bits per heavy atom. The predicted octanol–water partition coefficient (Wildman–Crippen LogP) is 6.12. The number of unbranched alkanes of at least 4 members (excludes halogenated alkanes) is 1. The van der Waals surface area contributed by atoms with Crippen LogP contribution in [0.2, 0.25) is 0 Å². The second kappa shape index (κ2) is 10.2. The number of anilines is 1. The number of hydrogen-bond acceptors (Lipinski definition) is 3. The molecule has 1 amide bonds. The molecule has 3 aromatic rings. The number of nitrogens with one attached hydrogen (secondary N) is 1. The SMILES string of the molecule is CCCCc1ccc(NC(=O)/C(=C/c2cccc([N+](=O)[O-])c2)c2ccccc2)cc1. The number of carbonyl (C=O) groups is 1. The van der Waals surface area contributed by atoms with Gasteiger partial charge in [-0.15, -0.1) is 0 Å². The lowest BCUT2D eigenvalue weighted by Gasteiger charge is -2.11. The fourth-order valence-electron chi connectivity index (χ4n) is 3.13. The third kappa shape index (κ3) is 5.64. The number of hydrogen-bond donors (Lipinski definition) is 1. The Bertz CT molecular complexity index is 1040. The van der Waals surface area contributed by atoms with Gasteiger partial charge in [0.15, 0.2) is 0 Å². The molecular weight excluding hydrogens is 376 g/mol. The quantitative estimate of drug-likeness (QED) is 0.214. The molecule has 0 saturated heterocycles. The van der Waals surface area contributed by atoms with Crippen LogP contribution in [0.3, 0.4) is 0 Å². The normalized spacial score (nSPS) is 11.2. The van der Waals surface area contributed by atoms with Crippen molar-refractivity contribution in [1.82, 2.24) is 0 Å². The van der Waals surface area contributed by atoms with E-state index in [0.29, 0.717) is 16.8 Å². The molecule has 0 atom stereocenters. The third-order valence-corrected chi connectivity index (χ3v) is 4.75. The van der Waals surface area contributed by atoms with Crippen LogP contribution in [0.1, 0.15) is 36.5 Å². The first-order chi connectivity index (χ1) is 14.6. The number of non-ortho nitro benzene ring substituents is 1. The van der Waals surface area contributed by atoms with Crippen molar-refractivity contribution in [2.24, 2.45) is 0 Å². The van der Waals surface area contributed by atoms with Gasteiger partial charge in [0.25, 0.3) is 11.6 Å². The molecule has 3 rings (SSSR count). The van der Waals surface area contributed by atoms with Crippen LogP contribution >= 0.6 is 0 Å². The minimum Gasteiger partial charge on any atom is -0.322 e. The largest absolute Gasteiger partial charge is 0.322 e. The van der Waals surface area contributed by atoms with E-state index in [1.165, 1.54) is 17.7 Å². The Kier molecular flexibility index (Phi) is 7.11. The van der Waals surface area contributed by atoms with Crippen LogP contribution in [-0.2, 0) is 11.2 Å². The maximum absolute atomic E-state index is 13.1. The van der Waals surface area contributed by atoms with Gasteiger partial charge < -0.3 is 5.32 Å². The third-order valence-electron chi connectivity index (χ3n) is 4.75. The van der Waals surface area contributed by atoms with Gasteiger partial charge in [0.1, 0.15) is 0 Å². The highest BCUT2D eigenvalue weighted by Crippen LogP contribution is 2.23. The summed E-state index contributed by atoms with van der Waals surface area (Å²) >= 11 is 0. The van der Waals surface area contributed by atoms with Gasteiger partial charge in [-0.1, -0.05) is 67.9 Å². The molecule has 0 fully saturated rings. The van der Waals surface area contributed by atoms with Crippen LogP contribution in [-0.4, -0.2) is 10.8 Å². The molecule has 0 bridgehead atoms. The molecule has 3 aromatic carbocycles. The summed E-state index contributed by atoms with van der Waals surface area (Å²) < 4.78 is 0. The smallest absolute Gasteiger partial charge is 0.270 e. The Labute approximate surface area is 176 Å². The monoisotopic (exact) mass is 400 g/mol. The fraction of sp³-hybridized carbons (Fsp3) is 0.160. The topological polar surface area (TPSA) is 72.2 Å². The van der Waals surface area contributed by atoms with E-state index in [0.717, 1.165) is 24.8 Å². The summed E-state index contributed by atoms with van der Waals surface area (Å²) in [6, 6.07) is 23.4. The van der Waals surface area contributed by atoms with Crippen molar-refractivity contribution in [3.8, 4) is 0 Å². The Hall–Kier alpha value is -3.73. The minimum absolute atomic E-state index is 0.0146. The number of aryl methyl sites for hydroxylation is 1. The van der Waals surface area contributed by atoms with Crippen molar-refractivity contribution in [3.63, 3.8) is 0 Å². The van der Waals surface area contributed by atoms with Crippen molar-refractivity contribution in [1.29, 1.82) is 0 Å². The van der Waals surface area contributed by atoms with Gasteiger partial charge in [-0.3, -0.25) is 14.9 Å². The summed E-state index contributed by atoms with van der Waals surface area (Å²) in [5.41, 5.74) is 3.70. The summed E-state index contributed by atoms with van der Waals surface area (Å²) in [5.74, 6) is -0.269. The number of carbonyl (C=O) groups excluding carboxylic acids is 1. The zero-order valence-corrected chi connectivity index (χ0v) is 16.9. The van der Waals surface area contributed by atoms with Crippen molar-refractivity contribution in [2.45, 2.75) is 26.2 Å². The maximum Gasteiger partial charge on any atom is 0.270 e. The first-order valence-corrected chi connectivity index (χ1v) is 9.98. The van der Waals surface area contributed by atoms with Gasteiger partial charge in [-0.05, 0) is 47.7 Å². The van der Waals surface area contributed by atoms with E-state index in [2.05, 4.69) is 12.2 Å². The Morgan fingerprint density at radius 1 is 1.00 bits per heavy atom. The van der Waals surface area contributed by atoms with Crippen LogP contribution in [0.4, 0.5) is 11.4 Å². The number of rotatable bonds is 8. The predicted molar refractivity (Wildman–Crippen MR) is 121 cm³/mol. The lowest BCUT2D eigenvalue weighted by atomic mass is 10.0. The zero-order chi connectivity index (χ0) is 21.3. The van der Waals surface area contributed by atoms with E-state index < -0.39 is 4.92 Å². The van der Waals surface area contributed by atoms with E-state index >= 15 is 0 Å². The van der Waals surface area contributed by atoms with Crippen LogP contribution in [0.15, 0.2) is 78.9 Å². The van der Waals surface area contributed by atoms with E-state index in [-0.39, 0.29) is 11.6 Å². The standard InChI is InChI=1S/C25H24N2O3/c1-2-3-8-19-13-15-22(16-14-19)26-25(28)24(21-10-5-4-6-11-21)18-20-9-7-12-23(17-20)27(29)30/h4-7,9-18H,2-3,8H2,1H3,(H,26,28)/b24-18+. The van der Waals surface area contributed by atoms with Gasteiger partial charge in [-0.25, -0.2) is 0 Å². The van der Waals surface area contributed by atoms with Crippen molar-refractivity contribution in [3.05, 3.63) is 106 Å². The van der Waals surface area contributed by atoms with Gasteiger partial charge in [-0.2, -0.15) is 0 Å². The summed E-state index contributed by atoms with van der Waals surface area (Å²) in [6.07, 6.45) is 4.97. The van der Waals surface area contributed by atoms with E-state index in [9.17, 15) is 14.9 Å². The molecule has 0 aliphatic carbocycles. The molecule has 1 N–H and O–H groups in total. The molecule has 0 aromatic heterocycles. The summed E-state index contributed by atoms with van der Waals surface area (Å²) in [7, 11) is 0. The van der Waals surface area contributed by atoms with Crippen LogP contribution in [0.25, 0.3) is 11.6 Å². The average molecular weight is 400 g/mol. The van der Waals surface area contributed by atoms with Gasteiger partial charge in [0, 0.05) is 23.4 Å². The highest BCUT2D eigenvalue weighted by molar-refractivity contribution is 6.29. The fourth-order valence-corrected chi connectivity index (χ4v) is 3.13. The minimum atomic E-state index is -0.445. The molecule has 0 aliphatic rings. The van der Waals surface area contributed by atoms with Gasteiger partial charge >= 0.3 is 0 Å². The van der Waals surface area contributed by atoms with Crippen LogP contribution in [0.5, 0.6) is 0 Å². The van der Waals surface area contributed by atoms with Crippen molar-refractivity contribution < 1.29 is 9.72 Å². The number of amides is 1. The molecule has 0 radical (unpaired) electrons. The first kappa shape index (κ1) is 21.0. The summed E-state index contributed by atoms with van der Waals surface area (Å²) in [6.45, 7) is 2.16. The van der Waals surface area contributed by atoms with Gasteiger partial charge in [0.2, 0.25) is 0 Å². The maximum atomic E-state index is 13.1. The lowest BCUT2D eigenvalue weighted by Crippen LogP contribution is -2.13. The van der Waals surface area contributed by atoms with E-state index in [1.807, 2.05) is 54.6 Å². The molecule has 30 heavy (non-hydrogen) atoms. The van der Waals surface area contributed by atoms with E-state index in [4.69, 9.17) is 0 Å².